The molecule has 0 saturated carbocycles. The Bertz CT molecular complexity index is 1020. The first kappa shape index (κ1) is 17.1. The maximum absolute atomic E-state index is 13.0. The molecule has 0 saturated heterocycles. The number of hydrogen-bond donors (Lipinski definition) is 1. The number of rotatable bonds is 4. The molecule has 0 radical (unpaired) electrons. The van der Waals surface area contributed by atoms with E-state index in [0.717, 1.165) is 17.8 Å². The number of aromatic nitrogens is 6. The number of amides is 1. The van der Waals surface area contributed by atoms with Crippen LogP contribution in [0.25, 0.3) is 11.2 Å². The Labute approximate surface area is 154 Å². The number of carbonyl (C=O) groups is 2. The number of nitrogens with zero attached hydrogens (tertiary/aromatic N) is 7. The van der Waals surface area contributed by atoms with Crippen LogP contribution in [0.4, 0.5) is 0 Å². The lowest BCUT2D eigenvalue weighted by atomic mass is 10.2. The van der Waals surface area contributed by atoms with Gasteiger partial charge in [0.2, 0.25) is 0 Å². The molecule has 1 N–H and O–H groups in total. The summed E-state index contributed by atoms with van der Waals surface area (Å²) in [6, 6.07) is 3.59. The van der Waals surface area contributed by atoms with Gasteiger partial charge in [-0.2, -0.15) is 5.10 Å². The van der Waals surface area contributed by atoms with Crippen molar-refractivity contribution >= 4 is 23.0 Å². The summed E-state index contributed by atoms with van der Waals surface area (Å²) < 4.78 is 3.43. The fourth-order valence-electron chi connectivity index (χ4n) is 3.28. The zero-order valence-corrected chi connectivity index (χ0v) is 14.9. The first-order chi connectivity index (χ1) is 13.0. The van der Waals surface area contributed by atoms with Crippen molar-refractivity contribution in [3.05, 3.63) is 35.3 Å². The van der Waals surface area contributed by atoms with Gasteiger partial charge in [-0.15, -0.1) is 5.10 Å². The van der Waals surface area contributed by atoms with Gasteiger partial charge in [-0.1, -0.05) is 5.21 Å². The standard InChI is InChI=1S/C17H19N7O3/c1-22-16-14(19-21-22)7-11(9-18-16)17(27)23-5-2-6-24-13(10-23)8-12(20-24)3-4-15(25)26/h7-9H,2-6,10H2,1H3,(H,25,26). The predicted octanol–water partition coefficient (Wildman–Crippen LogP) is 0.623. The monoisotopic (exact) mass is 369 g/mol. The molecule has 1 aliphatic rings. The zero-order chi connectivity index (χ0) is 19.0. The summed E-state index contributed by atoms with van der Waals surface area (Å²) in [6.07, 6.45) is 2.76. The number of carboxylic acids is 1. The van der Waals surface area contributed by atoms with E-state index in [4.69, 9.17) is 5.11 Å². The van der Waals surface area contributed by atoms with Crippen molar-refractivity contribution in [1.29, 1.82) is 0 Å². The quantitative estimate of drug-likeness (QED) is 0.716. The lowest BCUT2D eigenvalue weighted by molar-refractivity contribution is -0.136. The summed E-state index contributed by atoms with van der Waals surface area (Å²) in [5.74, 6) is -0.960. The Morgan fingerprint density at radius 1 is 1.26 bits per heavy atom. The number of hydrogen-bond acceptors (Lipinski definition) is 6. The van der Waals surface area contributed by atoms with Gasteiger partial charge < -0.3 is 10.0 Å². The number of carbonyl (C=O) groups excluding carboxylic acids is 1. The van der Waals surface area contributed by atoms with E-state index in [1.807, 2.05) is 10.7 Å². The van der Waals surface area contributed by atoms with Crippen LogP contribution in [0, 0.1) is 0 Å². The fraction of sp³-hybridized carbons (Fsp3) is 0.412. The molecule has 3 aromatic rings. The third-order valence-corrected chi connectivity index (χ3v) is 4.63. The molecule has 4 heterocycles. The third-order valence-electron chi connectivity index (χ3n) is 4.63. The average molecular weight is 369 g/mol. The van der Waals surface area contributed by atoms with Crippen LogP contribution >= 0.6 is 0 Å². The second-order valence-corrected chi connectivity index (χ2v) is 6.60. The maximum atomic E-state index is 13.0. The van der Waals surface area contributed by atoms with Gasteiger partial charge >= 0.3 is 5.97 Å². The number of pyridine rings is 1. The van der Waals surface area contributed by atoms with Crippen molar-refractivity contribution in [2.24, 2.45) is 7.05 Å². The van der Waals surface area contributed by atoms with E-state index in [0.29, 0.717) is 42.8 Å². The van der Waals surface area contributed by atoms with Crippen LogP contribution < -0.4 is 0 Å². The van der Waals surface area contributed by atoms with Crippen LogP contribution in [0.2, 0.25) is 0 Å². The Morgan fingerprint density at radius 2 is 2.11 bits per heavy atom. The highest BCUT2D eigenvalue weighted by Crippen LogP contribution is 2.18. The van der Waals surface area contributed by atoms with E-state index >= 15 is 0 Å². The molecule has 0 aliphatic carbocycles. The molecule has 0 fully saturated rings. The Morgan fingerprint density at radius 3 is 2.93 bits per heavy atom. The second kappa shape index (κ2) is 6.78. The molecule has 27 heavy (non-hydrogen) atoms. The van der Waals surface area contributed by atoms with Crippen molar-refractivity contribution in [2.75, 3.05) is 6.54 Å². The van der Waals surface area contributed by atoms with E-state index in [-0.39, 0.29) is 12.3 Å². The van der Waals surface area contributed by atoms with Gasteiger partial charge in [-0.05, 0) is 18.6 Å². The predicted molar refractivity (Wildman–Crippen MR) is 93.8 cm³/mol. The van der Waals surface area contributed by atoms with Crippen molar-refractivity contribution in [1.82, 2.24) is 34.7 Å². The number of carboxylic acid groups (broad SMARTS) is 1. The molecule has 0 aromatic carbocycles. The van der Waals surface area contributed by atoms with E-state index in [2.05, 4.69) is 20.4 Å². The van der Waals surface area contributed by atoms with E-state index in [9.17, 15) is 9.59 Å². The van der Waals surface area contributed by atoms with Crippen molar-refractivity contribution in [3.8, 4) is 0 Å². The molecule has 10 nitrogen and oxygen atoms in total. The minimum Gasteiger partial charge on any atom is -0.481 e. The molecular formula is C17H19N7O3. The molecule has 4 rings (SSSR count). The van der Waals surface area contributed by atoms with Crippen molar-refractivity contribution in [3.63, 3.8) is 0 Å². The molecule has 10 heteroatoms. The summed E-state index contributed by atoms with van der Waals surface area (Å²) in [4.78, 5) is 29.8. The average Bonchev–Trinajstić information content (AvgIpc) is 3.15. The third kappa shape index (κ3) is 3.37. The summed E-state index contributed by atoms with van der Waals surface area (Å²) in [7, 11) is 1.75. The first-order valence-corrected chi connectivity index (χ1v) is 8.73. The van der Waals surface area contributed by atoms with Gasteiger partial charge in [0, 0.05) is 32.8 Å². The summed E-state index contributed by atoms with van der Waals surface area (Å²) in [5, 5.41) is 21.2. The minimum absolute atomic E-state index is 0.0445. The zero-order valence-electron chi connectivity index (χ0n) is 14.9. The number of fused-ring (bicyclic) bond motifs is 2. The molecule has 0 atom stereocenters. The van der Waals surface area contributed by atoms with Crippen LogP contribution in [-0.2, 0) is 31.4 Å². The summed E-state index contributed by atoms with van der Waals surface area (Å²) >= 11 is 0. The fourth-order valence-corrected chi connectivity index (χ4v) is 3.28. The minimum atomic E-state index is -0.845. The normalized spacial score (nSPS) is 14.2. The van der Waals surface area contributed by atoms with Crippen LogP contribution in [0.15, 0.2) is 18.3 Å². The Hall–Kier alpha value is -3.30. The largest absolute Gasteiger partial charge is 0.481 e. The summed E-state index contributed by atoms with van der Waals surface area (Å²) in [5.41, 5.74) is 3.34. The highest BCUT2D eigenvalue weighted by atomic mass is 16.4. The van der Waals surface area contributed by atoms with Crippen molar-refractivity contribution < 1.29 is 14.7 Å². The van der Waals surface area contributed by atoms with Gasteiger partial charge in [0.1, 0.15) is 5.52 Å². The molecule has 1 aliphatic heterocycles. The molecular weight excluding hydrogens is 350 g/mol. The van der Waals surface area contributed by atoms with Crippen LogP contribution in [0.5, 0.6) is 0 Å². The molecule has 140 valence electrons. The molecule has 1 amide bonds. The van der Waals surface area contributed by atoms with Gasteiger partial charge in [-0.3, -0.25) is 14.3 Å². The van der Waals surface area contributed by atoms with E-state index in [1.54, 1.807) is 28.9 Å². The van der Waals surface area contributed by atoms with Crippen molar-refractivity contribution in [2.45, 2.75) is 32.4 Å². The molecule has 3 aromatic heterocycles. The van der Waals surface area contributed by atoms with Gasteiger partial charge in [-0.25, -0.2) is 9.67 Å². The summed E-state index contributed by atoms with van der Waals surface area (Å²) in [6.45, 7) is 1.75. The lowest BCUT2D eigenvalue weighted by Gasteiger charge is -2.19. The topological polar surface area (TPSA) is 119 Å². The van der Waals surface area contributed by atoms with Crippen LogP contribution in [0.3, 0.4) is 0 Å². The van der Waals surface area contributed by atoms with Gasteiger partial charge in [0.25, 0.3) is 5.91 Å². The van der Waals surface area contributed by atoms with Gasteiger partial charge in [0.15, 0.2) is 5.65 Å². The Balaban J connectivity index is 1.54. The number of aliphatic carboxylic acids is 1. The number of aryl methyl sites for hydroxylation is 3. The first-order valence-electron chi connectivity index (χ1n) is 8.73. The lowest BCUT2D eigenvalue weighted by Crippen LogP contribution is -2.30. The van der Waals surface area contributed by atoms with E-state index < -0.39 is 5.97 Å². The van der Waals surface area contributed by atoms with Crippen LogP contribution in [0.1, 0.15) is 34.6 Å². The highest BCUT2D eigenvalue weighted by molar-refractivity contribution is 5.96. The smallest absolute Gasteiger partial charge is 0.303 e. The highest BCUT2D eigenvalue weighted by Gasteiger charge is 2.23. The van der Waals surface area contributed by atoms with Gasteiger partial charge in [0.05, 0.1) is 29.9 Å². The SMILES string of the molecule is Cn1nnc2cc(C(=O)N3CCCn4nc(CCC(=O)O)cc4C3)cnc21. The molecule has 0 spiro atoms. The van der Waals surface area contributed by atoms with E-state index in [1.165, 1.54) is 0 Å². The van der Waals surface area contributed by atoms with Crippen LogP contribution in [-0.4, -0.2) is 58.2 Å². The molecule has 0 unspecified atom stereocenters. The molecule has 0 bridgehead atoms. The Kier molecular flexibility index (Phi) is 4.30. The second-order valence-electron chi connectivity index (χ2n) is 6.60. The maximum Gasteiger partial charge on any atom is 0.303 e.